The summed E-state index contributed by atoms with van der Waals surface area (Å²) in [4.78, 5) is 10.7. The second-order valence-electron chi connectivity index (χ2n) is 1.75. The van der Waals surface area contributed by atoms with Crippen molar-refractivity contribution >= 4 is 11.6 Å². The van der Waals surface area contributed by atoms with E-state index in [0.29, 0.717) is 6.26 Å². The summed E-state index contributed by atoms with van der Waals surface area (Å²) < 4.78 is 0. The van der Waals surface area contributed by atoms with Crippen molar-refractivity contribution in [2.45, 2.75) is 6.92 Å². The van der Waals surface area contributed by atoms with Crippen molar-refractivity contribution in [3.63, 3.8) is 0 Å². The van der Waals surface area contributed by atoms with Crippen molar-refractivity contribution in [2.75, 3.05) is 7.05 Å². The minimum absolute atomic E-state index is 0.0116. The molecule has 0 aliphatic carbocycles. The van der Waals surface area contributed by atoms with Gasteiger partial charge in [0.1, 0.15) is 0 Å². The van der Waals surface area contributed by atoms with E-state index >= 15 is 0 Å². The molecule has 4 heteroatoms. The number of nitrogens with one attached hydrogen (secondary N) is 2. The third-order valence-electron chi connectivity index (χ3n) is 1.00. The Bertz CT molecular complexity index is 184. The van der Waals surface area contributed by atoms with Crippen molar-refractivity contribution < 1.29 is 9.90 Å². The molecule has 0 bridgehead atoms. The first-order valence-electron chi connectivity index (χ1n) is 2.75. The Morgan fingerprint density at radius 3 is 2.30 bits per heavy atom. The highest BCUT2D eigenvalue weighted by Crippen LogP contribution is 1.93. The van der Waals surface area contributed by atoms with Crippen molar-refractivity contribution in [3.05, 3.63) is 11.8 Å². The molecule has 0 aromatic carbocycles. The summed E-state index contributed by atoms with van der Waals surface area (Å²) in [6.07, 6.45) is 0.626. The molecule has 0 rings (SSSR count). The lowest BCUT2D eigenvalue weighted by molar-refractivity contribution is -0.116. The summed E-state index contributed by atoms with van der Waals surface area (Å²) in [6.45, 7) is 1.43. The first-order chi connectivity index (χ1) is 4.63. The summed E-state index contributed by atoms with van der Waals surface area (Å²) in [6, 6.07) is 0. The van der Waals surface area contributed by atoms with E-state index < -0.39 is 5.91 Å². The highest BCUT2D eigenvalue weighted by Gasteiger charge is 2.08. The maximum Gasteiger partial charge on any atom is 0.255 e. The quantitative estimate of drug-likeness (QED) is 0.293. The molecule has 4 nitrogen and oxygen atoms in total. The molecule has 0 aliphatic rings. The summed E-state index contributed by atoms with van der Waals surface area (Å²) in [5.74, 6) is -0.449. The summed E-state index contributed by atoms with van der Waals surface area (Å²) >= 11 is 0. The molecule has 0 fully saturated rings. The fourth-order valence-corrected chi connectivity index (χ4v) is 0.460. The molecule has 0 spiro atoms. The standard InChI is InChI=1S/C6H10N2O2/c1-4(7)5(3-9)6(10)8-2/h3,7,9H,1-2H3,(H,8,10)/b5-3-,7-4?. The number of amides is 1. The molecule has 0 radical (unpaired) electrons. The third-order valence-corrected chi connectivity index (χ3v) is 1.00. The van der Waals surface area contributed by atoms with Gasteiger partial charge in [-0.25, -0.2) is 0 Å². The molecule has 1 amide bonds. The van der Waals surface area contributed by atoms with Crippen LogP contribution in [0, 0.1) is 5.41 Å². The zero-order valence-electron chi connectivity index (χ0n) is 5.93. The summed E-state index contributed by atoms with van der Waals surface area (Å²) in [7, 11) is 1.44. The second kappa shape index (κ2) is 3.66. The molecule has 0 aliphatic heterocycles. The second-order valence-corrected chi connectivity index (χ2v) is 1.75. The number of likely N-dealkylation sites (N-methyl/N-ethyl adjacent to an activating group) is 1. The van der Waals surface area contributed by atoms with Crippen molar-refractivity contribution in [3.8, 4) is 0 Å². The number of rotatable bonds is 2. The van der Waals surface area contributed by atoms with E-state index in [0.717, 1.165) is 0 Å². The van der Waals surface area contributed by atoms with Gasteiger partial charge in [-0.3, -0.25) is 4.79 Å². The maximum atomic E-state index is 10.7. The van der Waals surface area contributed by atoms with Crippen LogP contribution in [0.15, 0.2) is 11.8 Å². The number of carbonyl (C=O) groups is 1. The first kappa shape index (κ1) is 8.68. The largest absolute Gasteiger partial charge is 0.515 e. The molecule has 0 saturated carbocycles. The minimum atomic E-state index is -0.449. The van der Waals surface area contributed by atoms with Crippen LogP contribution in [0.4, 0.5) is 0 Å². The number of aliphatic hydroxyl groups excluding tert-OH is 1. The van der Waals surface area contributed by atoms with Crippen LogP contribution in [-0.4, -0.2) is 23.8 Å². The van der Waals surface area contributed by atoms with Gasteiger partial charge in [-0.2, -0.15) is 0 Å². The molecule has 0 atom stereocenters. The summed E-state index contributed by atoms with van der Waals surface area (Å²) in [5, 5.41) is 17.7. The normalized spacial score (nSPS) is 10.8. The molecular weight excluding hydrogens is 132 g/mol. The lowest BCUT2D eigenvalue weighted by Gasteiger charge is -1.99. The van der Waals surface area contributed by atoms with Crippen LogP contribution in [-0.2, 0) is 4.79 Å². The first-order valence-corrected chi connectivity index (χ1v) is 2.75. The molecule has 10 heavy (non-hydrogen) atoms. The van der Waals surface area contributed by atoms with Gasteiger partial charge < -0.3 is 15.8 Å². The Morgan fingerprint density at radius 1 is 1.70 bits per heavy atom. The average Bonchev–Trinajstić information content (AvgIpc) is 1.88. The van der Waals surface area contributed by atoms with Crippen molar-refractivity contribution in [2.24, 2.45) is 0 Å². The lowest BCUT2D eigenvalue weighted by Crippen LogP contribution is -2.23. The van der Waals surface area contributed by atoms with E-state index in [-0.39, 0.29) is 11.3 Å². The molecular formula is C6H10N2O2. The number of aliphatic hydroxyl groups is 1. The van der Waals surface area contributed by atoms with Crippen LogP contribution in [0.5, 0.6) is 0 Å². The van der Waals surface area contributed by atoms with Crippen LogP contribution in [0.3, 0.4) is 0 Å². The fourth-order valence-electron chi connectivity index (χ4n) is 0.460. The zero-order valence-corrected chi connectivity index (χ0v) is 5.93. The SMILES string of the molecule is CNC(=O)/C(=C\O)C(C)=N. The van der Waals surface area contributed by atoms with E-state index in [2.05, 4.69) is 5.32 Å². The van der Waals surface area contributed by atoms with Crippen molar-refractivity contribution in [1.82, 2.24) is 5.32 Å². The number of hydrogen-bond donors (Lipinski definition) is 3. The highest BCUT2D eigenvalue weighted by atomic mass is 16.2. The van der Waals surface area contributed by atoms with E-state index in [4.69, 9.17) is 10.5 Å². The molecule has 0 aromatic rings. The van der Waals surface area contributed by atoms with Gasteiger partial charge in [-0.15, -0.1) is 0 Å². The molecule has 0 unspecified atom stereocenters. The van der Waals surface area contributed by atoms with Crippen LogP contribution >= 0.6 is 0 Å². The Morgan fingerprint density at radius 2 is 2.20 bits per heavy atom. The van der Waals surface area contributed by atoms with E-state index in [1.165, 1.54) is 14.0 Å². The van der Waals surface area contributed by atoms with Gasteiger partial charge >= 0.3 is 0 Å². The van der Waals surface area contributed by atoms with Crippen molar-refractivity contribution in [1.29, 1.82) is 5.41 Å². The lowest BCUT2D eigenvalue weighted by atomic mass is 10.2. The van der Waals surface area contributed by atoms with Crippen LogP contribution in [0.25, 0.3) is 0 Å². The Hall–Kier alpha value is -1.32. The smallest absolute Gasteiger partial charge is 0.255 e. The number of carbonyl (C=O) groups excluding carboxylic acids is 1. The molecule has 0 heterocycles. The van der Waals surface area contributed by atoms with Gasteiger partial charge in [0.25, 0.3) is 5.91 Å². The Balaban J connectivity index is 4.39. The predicted molar refractivity (Wildman–Crippen MR) is 38.2 cm³/mol. The van der Waals surface area contributed by atoms with Gasteiger partial charge in [0, 0.05) is 12.8 Å². The van der Waals surface area contributed by atoms with Crippen LogP contribution in [0.2, 0.25) is 0 Å². The highest BCUT2D eigenvalue weighted by molar-refractivity contribution is 6.19. The molecule has 0 saturated heterocycles. The summed E-state index contributed by atoms with van der Waals surface area (Å²) in [5.41, 5.74) is 0.0318. The fraction of sp³-hybridized carbons (Fsp3) is 0.333. The van der Waals surface area contributed by atoms with Gasteiger partial charge in [0.2, 0.25) is 0 Å². The average molecular weight is 142 g/mol. The third kappa shape index (κ3) is 1.89. The van der Waals surface area contributed by atoms with Gasteiger partial charge in [0.15, 0.2) is 0 Å². The monoisotopic (exact) mass is 142 g/mol. The Labute approximate surface area is 59.1 Å². The van der Waals surface area contributed by atoms with E-state index in [1.54, 1.807) is 0 Å². The van der Waals surface area contributed by atoms with Gasteiger partial charge in [0.05, 0.1) is 11.8 Å². The molecule has 0 aromatic heterocycles. The minimum Gasteiger partial charge on any atom is -0.515 e. The van der Waals surface area contributed by atoms with E-state index in [9.17, 15) is 4.79 Å². The zero-order chi connectivity index (χ0) is 8.15. The molecule has 3 N–H and O–H groups in total. The number of hydrogen-bond acceptors (Lipinski definition) is 3. The Kier molecular flexibility index (Phi) is 3.17. The van der Waals surface area contributed by atoms with E-state index in [1.807, 2.05) is 0 Å². The van der Waals surface area contributed by atoms with Gasteiger partial charge in [-0.05, 0) is 6.92 Å². The van der Waals surface area contributed by atoms with Gasteiger partial charge in [-0.1, -0.05) is 0 Å². The van der Waals surface area contributed by atoms with Crippen LogP contribution < -0.4 is 5.32 Å². The molecule has 56 valence electrons. The predicted octanol–water partition coefficient (Wildman–Crippen LogP) is 0.214. The maximum absolute atomic E-state index is 10.7. The topological polar surface area (TPSA) is 73.2 Å². The van der Waals surface area contributed by atoms with Crippen LogP contribution in [0.1, 0.15) is 6.92 Å².